The third-order valence-electron chi connectivity index (χ3n) is 4.40. The molecule has 0 saturated heterocycles. The highest BCUT2D eigenvalue weighted by molar-refractivity contribution is 5.80. The minimum atomic E-state index is -0.760. The molecule has 1 aromatic heterocycles. The normalized spacial score (nSPS) is 13.5. The number of ether oxygens (including phenoxy) is 2. The van der Waals surface area contributed by atoms with Crippen molar-refractivity contribution in [2.24, 2.45) is 0 Å². The summed E-state index contributed by atoms with van der Waals surface area (Å²) >= 11 is 0. The van der Waals surface area contributed by atoms with Crippen LogP contribution >= 0.6 is 0 Å². The highest BCUT2D eigenvalue weighted by Gasteiger charge is 2.23. The molecule has 1 amide bonds. The third-order valence-corrected chi connectivity index (χ3v) is 4.40. The number of rotatable bonds is 7. The Kier molecular flexibility index (Phi) is 5.93. The average Bonchev–Trinajstić information content (AvgIpc) is 2.72. The number of amides is 1. The summed E-state index contributed by atoms with van der Waals surface area (Å²) in [5, 5.41) is 4.42. The zero-order valence-electron chi connectivity index (χ0n) is 15.8. The van der Waals surface area contributed by atoms with Gasteiger partial charge in [0.25, 0.3) is 5.56 Å². The van der Waals surface area contributed by atoms with Gasteiger partial charge in [-0.2, -0.15) is 5.10 Å². The topological polar surface area (TPSA) is 73.7 Å². The van der Waals surface area contributed by atoms with Crippen molar-refractivity contribution in [1.29, 1.82) is 0 Å². The Bertz CT molecular complexity index is 941. The van der Waals surface area contributed by atoms with Crippen molar-refractivity contribution in [3.8, 4) is 22.8 Å². The molecule has 2 aromatic rings. The van der Waals surface area contributed by atoms with Crippen molar-refractivity contribution in [1.82, 2.24) is 14.7 Å². The van der Waals surface area contributed by atoms with Crippen molar-refractivity contribution < 1.29 is 14.3 Å². The van der Waals surface area contributed by atoms with E-state index < -0.39 is 6.04 Å². The summed E-state index contributed by atoms with van der Waals surface area (Å²) in [6.07, 6.45) is 3.27. The number of nitrogens with zero attached hydrogens (tertiary/aromatic N) is 3. The van der Waals surface area contributed by atoms with E-state index in [-0.39, 0.29) is 11.5 Å². The van der Waals surface area contributed by atoms with E-state index >= 15 is 0 Å². The molecule has 146 valence electrons. The molecular formula is C21H23N3O4. The van der Waals surface area contributed by atoms with Gasteiger partial charge in [0.05, 0.1) is 5.69 Å². The lowest BCUT2D eigenvalue weighted by Gasteiger charge is -2.24. The fourth-order valence-electron chi connectivity index (χ4n) is 2.99. The second-order valence-electron chi connectivity index (χ2n) is 6.36. The van der Waals surface area contributed by atoms with Crippen LogP contribution in [-0.4, -0.2) is 46.9 Å². The lowest BCUT2D eigenvalue weighted by atomic mass is 10.1. The number of fused-ring (bicyclic) bond motifs is 1. The first kappa shape index (κ1) is 19.4. The van der Waals surface area contributed by atoms with Crippen LogP contribution in [0.4, 0.5) is 0 Å². The van der Waals surface area contributed by atoms with E-state index in [0.29, 0.717) is 43.5 Å². The minimum absolute atomic E-state index is 0.228. The van der Waals surface area contributed by atoms with Crippen molar-refractivity contribution in [2.75, 3.05) is 26.3 Å². The Morgan fingerprint density at radius 1 is 1.18 bits per heavy atom. The summed E-state index contributed by atoms with van der Waals surface area (Å²) in [5.41, 5.74) is 0.987. The number of carbonyl (C=O) groups excluding carboxylic acids is 1. The molecule has 0 radical (unpaired) electrons. The zero-order chi connectivity index (χ0) is 20.1. The fraction of sp³-hybridized carbons (Fsp3) is 0.286. The maximum Gasteiger partial charge on any atom is 0.267 e. The lowest BCUT2D eigenvalue weighted by molar-refractivity contribution is -0.133. The predicted octanol–water partition coefficient (Wildman–Crippen LogP) is 2.44. The quantitative estimate of drug-likeness (QED) is 0.689. The highest BCUT2D eigenvalue weighted by Crippen LogP contribution is 2.33. The van der Waals surface area contributed by atoms with Gasteiger partial charge in [-0.05, 0) is 31.2 Å². The maximum absolute atomic E-state index is 12.8. The summed E-state index contributed by atoms with van der Waals surface area (Å²) in [6, 6.07) is 7.76. The van der Waals surface area contributed by atoms with E-state index in [9.17, 15) is 9.59 Å². The Labute approximate surface area is 163 Å². The van der Waals surface area contributed by atoms with E-state index in [2.05, 4.69) is 18.3 Å². The Balaban J connectivity index is 1.93. The SMILES string of the molecule is C=CCN(CC=C)C(=O)[C@H](C)n1nc(-c2ccc3c(c2)OCCO3)ccc1=O. The van der Waals surface area contributed by atoms with Crippen LogP contribution in [0.25, 0.3) is 11.3 Å². The molecule has 0 bridgehead atoms. The molecule has 1 aliphatic heterocycles. The van der Waals surface area contributed by atoms with Crippen LogP contribution in [-0.2, 0) is 4.79 Å². The summed E-state index contributed by atoms with van der Waals surface area (Å²) in [5.74, 6) is 1.08. The number of hydrogen-bond donors (Lipinski definition) is 0. The molecule has 0 N–H and O–H groups in total. The number of aromatic nitrogens is 2. The van der Waals surface area contributed by atoms with Gasteiger partial charge >= 0.3 is 0 Å². The number of benzene rings is 1. The van der Waals surface area contributed by atoms with Crippen molar-refractivity contribution in [3.63, 3.8) is 0 Å². The molecule has 3 rings (SSSR count). The Morgan fingerprint density at radius 2 is 1.86 bits per heavy atom. The molecule has 1 aromatic carbocycles. The molecule has 1 atom stereocenters. The van der Waals surface area contributed by atoms with Gasteiger partial charge in [-0.15, -0.1) is 13.2 Å². The summed E-state index contributed by atoms with van der Waals surface area (Å²) < 4.78 is 12.3. The minimum Gasteiger partial charge on any atom is -0.486 e. The molecule has 7 nitrogen and oxygen atoms in total. The third kappa shape index (κ3) is 3.98. The van der Waals surface area contributed by atoms with Crippen LogP contribution in [0.2, 0.25) is 0 Å². The molecule has 0 aliphatic carbocycles. The fourth-order valence-corrected chi connectivity index (χ4v) is 2.99. The van der Waals surface area contributed by atoms with Crippen molar-refractivity contribution in [2.45, 2.75) is 13.0 Å². The molecule has 0 spiro atoms. The largest absolute Gasteiger partial charge is 0.486 e. The monoisotopic (exact) mass is 381 g/mol. The van der Waals surface area contributed by atoms with Gasteiger partial charge in [-0.1, -0.05) is 12.2 Å². The van der Waals surface area contributed by atoms with Gasteiger partial charge in [0.15, 0.2) is 11.5 Å². The van der Waals surface area contributed by atoms with Gasteiger partial charge in [0.1, 0.15) is 19.3 Å². The van der Waals surface area contributed by atoms with Crippen LogP contribution in [0, 0.1) is 0 Å². The second kappa shape index (κ2) is 8.56. The first-order valence-corrected chi connectivity index (χ1v) is 9.05. The molecule has 0 unspecified atom stereocenters. The summed E-state index contributed by atoms with van der Waals surface area (Å²) in [7, 11) is 0. The summed E-state index contributed by atoms with van der Waals surface area (Å²) in [4.78, 5) is 26.7. The van der Waals surface area contributed by atoms with Crippen LogP contribution in [0.5, 0.6) is 11.5 Å². The molecule has 28 heavy (non-hydrogen) atoms. The maximum atomic E-state index is 12.8. The number of hydrogen-bond acceptors (Lipinski definition) is 5. The summed E-state index contributed by atoms with van der Waals surface area (Å²) in [6.45, 7) is 10.7. The number of carbonyl (C=O) groups is 1. The molecule has 0 saturated carbocycles. The van der Waals surface area contributed by atoms with Crippen LogP contribution < -0.4 is 15.0 Å². The first-order chi connectivity index (χ1) is 13.5. The molecule has 7 heteroatoms. The van der Waals surface area contributed by atoms with Crippen LogP contribution in [0.15, 0.2) is 60.4 Å². The highest BCUT2D eigenvalue weighted by atomic mass is 16.6. The van der Waals surface area contributed by atoms with Crippen LogP contribution in [0.1, 0.15) is 13.0 Å². The van der Waals surface area contributed by atoms with Crippen LogP contribution in [0.3, 0.4) is 0 Å². The van der Waals surface area contributed by atoms with Crippen molar-refractivity contribution in [3.05, 3.63) is 66.0 Å². The first-order valence-electron chi connectivity index (χ1n) is 9.05. The van der Waals surface area contributed by atoms with E-state index in [4.69, 9.17) is 9.47 Å². The Morgan fingerprint density at radius 3 is 2.54 bits per heavy atom. The van der Waals surface area contributed by atoms with E-state index in [1.165, 1.54) is 10.7 Å². The van der Waals surface area contributed by atoms with E-state index in [1.807, 2.05) is 18.2 Å². The molecule has 1 aliphatic rings. The molecule has 0 fully saturated rings. The average molecular weight is 381 g/mol. The lowest BCUT2D eigenvalue weighted by Crippen LogP contribution is -2.40. The standard InChI is InChI=1S/C21H23N3O4/c1-4-10-23(11-5-2)21(26)15(3)24-20(25)9-7-17(22-24)16-6-8-18-19(14-16)28-13-12-27-18/h4-9,14-15H,1-2,10-13H2,3H3/t15-/m0/s1. The van der Waals surface area contributed by atoms with E-state index in [0.717, 1.165) is 5.56 Å². The molecule has 2 heterocycles. The van der Waals surface area contributed by atoms with Gasteiger partial charge in [-0.3, -0.25) is 9.59 Å². The van der Waals surface area contributed by atoms with Gasteiger partial charge in [0.2, 0.25) is 5.91 Å². The predicted molar refractivity (Wildman–Crippen MR) is 107 cm³/mol. The van der Waals surface area contributed by atoms with Gasteiger partial charge in [-0.25, -0.2) is 4.68 Å². The van der Waals surface area contributed by atoms with Crippen molar-refractivity contribution >= 4 is 5.91 Å². The smallest absolute Gasteiger partial charge is 0.267 e. The molecular weight excluding hydrogens is 358 g/mol. The Hall–Kier alpha value is -3.35. The van der Waals surface area contributed by atoms with Gasteiger partial charge in [0, 0.05) is 24.7 Å². The van der Waals surface area contributed by atoms with Gasteiger partial charge < -0.3 is 14.4 Å². The van der Waals surface area contributed by atoms with E-state index in [1.54, 1.807) is 30.0 Å². The zero-order valence-corrected chi connectivity index (χ0v) is 15.8. The second-order valence-corrected chi connectivity index (χ2v) is 6.36.